The van der Waals surface area contributed by atoms with Crippen LogP contribution >= 0.6 is 11.6 Å². The summed E-state index contributed by atoms with van der Waals surface area (Å²) in [4.78, 5) is 21.7. The molecule has 23 heavy (non-hydrogen) atoms. The number of unbranched alkanes of at least 4 members (excludes halogenated alkanes) is 3. The zero-order chi connectivity index (χ0) is 17.7. The van der Waals surface area contributed by atoms with Gasteiger partial charge in [-0.05, 0) is 51.9 Å². The Morgan fingerprint density at radius 2 is 1.65 bits per heavy atom. The van der Waals surface area contributed by atoms with Gasteiger partial charge >= 0.3 is 5.97 Å². The molecule has 1 N–H and O–H groups in total. The average molecular weight is 349 g/mol. The molecule has 0 heterocycles. The molecule has 2 atom stereocenters. The van der Waals surface area contributed by atoms with Crippen LogP contribution in [0.2, 0.25) is 0 Å². The second-order valence-corrected chi connectivity index (χ2v) is 7.08. The molecule has 0 aromatic rings. The van der Waals surface area contributed by atoms with Gasteiger partial charge in [0.1, 0.15) is 4.87 Å². The number of hydrogen-bond acceptors (Lipinski definition) is 4. The molecular formula is C18H33ClO4. The van der Waals surface area contributed by atoms with Crippen molar-refractivity contribution in [2.45, 2.75) is 96.0 Å². The summed E-state index contributed by atoms with van der Waals surface area (Å²) >= 11 is 6.49. The van der Waals surface area contributed by atoms with Gasteiger partial charge in [0.15, 0.2) is 5.78 Å². The lowest BCUT2D eigenvalue weighted by molar-refractivity contribution is -0.141. The molecule has 5 heteroatoms. The first-order valence-corrected chi connectivity index (χ1v) is 9.21. The number of esters is 1. The van der Waals surface area contributed by atoms with Crippen molar-refractivity contribution in [3.8, 4) is 0 Å². The van der Waals surface area contributed by atoms with E-state index < -0.39 is 4.87 Å². The Morgan fingerprint density at radius 3 is 2.22 bits per heavy atom. The summed E-state index contributed by atoms with van der Waals surface area (Å²) in [5, 5.41) is 9.93. The maximum Gasteiger partial charge on any atom is 0.302 e. The number of ketones is 1. The quantitative estimate of drug-likeness (QED) is 0.287. The Balaban J connectivity index is 4.03. The number of rotatable bonds is 14. The lowest BCUT2D eigenvalue weighted by atomic mass is 9.90. The first-order valence-electron chi connectivity index (χ1n) is 8.83. The first kappa shape index (κ1) is 22.4. The predicted octanol–water partition coefficient (Wildman–Crippen LogP) is 4.40. The van der Waals surface area contributed by atoms with E-state index in [1.165, 1.54) is 13.8 Å². The van der Waals surface area contributed by atoms with E-state index in [-0.39, 0.29) is 17.9 Å². The third-order valence-corrected chi connectivity index (χ3v) is 4.80. The number of aliphatic hydroxyl groups excluding tert-OH is 1. The molecule has 2 unspecified atom stereocenters. The van der Waals surface area contributed by atoms with E-state index >= 15 is 0 Å². The SMILES string of the molecule is CCCCCC(O)CCCC(Cl)(CCCCOC(C)=O)C(C)=O. The molecule has 0 aliphatic carbocycles. The van der Waals surface area contributed by atoms with E-state index in [2.05, 4.69) is 6.92 Å². The van der Waals surface area contributed by atoms with Crippen LogP contribution in [0.5, 0.6) is 0 Å². The summed E-state index contributed by atoms with van der Waals surface area (Å²) < 4.78 is 4.88. The average Bonchev–Trinajstić information content (AvgIpc) is 2.46. The Kier molecular flexibility index (Phi) is 12.4. The maximum atomic E-state index is 11.8. The fraction of sp³-hybridized carbons (Fsp3) is 0.889. The number of hydrogen-bond donors (Lipinski definition) is 1. The van der Waals surface area contributed by atoms with Gasteiger partial charge in [-0.1, -0.05) is 26.2 Å². The summed E-state index contributed by atoms with van der Waals surface area (Å²) in [6.45, 7) is 5.42. The molecule has 0 saturated heterocycles. The van der Waals surface area contributed by atoms with Crippen molar-refractivity contribution >= 4 is 23.4 Å². The van der Waals surface area contributed by atoms with Crippen molar-refractivity contribution in [2.24, 2.45) is 0 Å². The van der Waals surface area contributed by atoms with E-state index in [0.29, 0.717) is 32.3 Å². The van der Waals surface area contributed by atoms with E-state index in [0.717, 1.165) is 38.5 Å². The second kappa shape index (κ2) is 12.8. The monoisotopic (exact) mass is 348 g/mol. The van der Waals surface area contributed by atoms with Crippen molar-refractivity contribution in [1.82, 2.24) is 0 Å². The molecule has 0 aliphatic rings. The zero-order valence-electron chi connectivity index (χ0n) is 14.9. The van der Waals surface area contributed by atoms with Crippen molar-refractivity contribution < 1.29 is 19.4 Å². The van der Waals surface area contributed by atoms with Crippen LogP contribution in [0.1, 0.15) is 85.0 Å². The van der Waals surface area contributed by atoms with Gasteiger partial charge in [0.25, 0.3) is 0 Å². The van der Waals surface area contributed by atoms with E-state index in [4.69, 9.17) is 16.3 Å². The Labute approximate surface area is 145 Å². The van der Waals surface area contributed by atoms with Crippen molar-refractivity contribution in [3.05, 3.63) is 0 Å². The summed E-state index contributed by atoms with van der Waals surface area (Å²) in [5.74, 6) is -0.308. The molecule has 0 saturated carbocycles. The number of aliphatic hydroxyl groups is 1. The van der Waals surface area contributed by atoms with Crippen LogP contribution in [0.15, 0.2) is 0 Å². The van der Waals surface area contributed by atoms with Gasteiger partial charge in [-0.25, -0.2) is 0 Å². The fourth-order valence-electron chi connectivity index (χ4n) is 2.59. The molecule has 0 aromatic carbocycles. The van der Waals surface area contributed by atoms with Gasteiger partial charge in [0, 0.05) is 6.92 Å². The minimum Gasteiger partial charge on any atom is -0.466 e. The summed E-state index contributed by atoms with van der Waals surface area (Å²) in [6, 6.07) is 0. The fourth-order valence-corrected chi connectivity index (χ4v) is 2.86. The van der Waals surface area contributed by atoms with Crippen molar-refractivity contribution in [1.29, 1.82) is 0 Å². The van der Waals surface area contributed by atoms with Gasteiger partial charge in [-0.15, -0.1) is 11.6 Å². The standard InChI is InChI=1S/C18H33ClO4/c1-4-5-6-10-17(22)11-9-13-18(19,15(2)20)12-7-8-14-23-16(3)21/h17,22H,4-14H2,1-3H3. The lowest BCUT2D eigenvalue weighted by Crippen LogP contribution is -2.31. The lowest BCUT2D eigenvalue weighted by Gasteiger charge is -2.24. The third-order valence-electron chi connectivity index (χ3n) is 4.15. The minimum absolute atomic E-state index is 0.0212. The van der Waals surface area contributed by atoms with Crippen LogP contribution in [0.3, 0.4) is 0 Å². The third kappa shape index (κ3) is 11.5. The summed E-state index contributed by atoms with van der Waals surface area (Å²) in [5.41, 5.74) is 0. The van der Waals surface area contributed by atoms with Gasteiger partial charge in [-0.2, -0.15) is 0 Å². The normalized spacial score (nSPS) is 15.0. The molecule has 0 bridgehead atoms. The number of Topliss-reactive ketones (excluding diaryl/α,β-unsaturated/α-hetero) is 1. The number of carbonyl (C=O) groups is 2. The van der Waals surface area contributed by atoms with Crippen LogP contribution in [0, 0.1) is 0 Å². The van der Waals surface area contributed by atoms with Gasteiger partial charge < -0.3 is 9.84 Å². The number of alkyl halides is 1. The minimum atomic E-state index is -0.848. The molecule has 0 aliphatic heterocycles. The zero-order valence-corrected chi connectivity index (χ0v) is 15.7. The van der Waals surface area contributed by atoms with Crippen LogP contribution in [-0.2, 0) is 14.3 Å². The molecule has 0 rings (SSSR count). The van der Waals surface area contributed by atoms with Gasteiger partial charge in [0.05, 0.1) is 12.7 Å². The first-order chi connectivity index (χ1) is 10.8. The highest BCUT2D eigenvalue weighted by Crippen LogP contribution is 2.30. The van der Waals surface area contributed by atoms with E-state index in [1.54, 1.807) is 0 Å². The highest BCUT2D eigenvalue weighted by atomic mass is 35.5. The largest absolute Gasteiger partial charge is 0.466 e. The Bertz CT molecular complexity index is 346. The molecule has 0 fully saturated rings. The topological polar surface area (TPSA) is 63.6 Å². The molecule has 4 nitrogen and oxygen atoms in total. The molecule has 0 spiro atoms. The number of ether oxygens (including phenoxy) is 1. The summed E-state index contributed by atoms with van der Waals surface area (Å²) in [6.07, 6.45) is 7.94. The van der Waals surface area contributed by atoms with E-state index in [9.17, 15) is 14.7 Å². The van der Waals surface area contributed by atoms with Crippen molar-refractivity contribution in [3.63, 3.8) is 0 Å². The number of carbonyl (C=O) groups excluding carboxylic acids is 2. The molecular weight excluding hydrogens is 316 g/mol. The van der Waals surface area contributed by atoms with Crippen LogP contribution in [-0.4, -0.2) is 34.4 Å². The smallest absolute Gasteiger partial charge is 0.302 e. The number of halogens is 1. The molecule has 136 valence electrons. The predicted molar refractivity (Wildman–Crippen MR) is 93.7 cm³/mol. The highest BCUT2D eigenvalue weighted by molar-refractivity contribution is 6.34. The maximum absolute atomic E-state index is 11.8. The van der Waals surface area contributed by atoms with Crippen LogP contribution < -0.4 is 0 Å². The molecule has 0 amide bonds. The molecule has 0 radical (unpaired) electrons. The van der Waals surface area contributed by atoms with Gasteiger partial charge in [0.2, 0.25) is 0 Å². The van der Waals surface area contributed by atoms with E-state index in [1.807, 2.05) is 0 Å². The van der Waals surface area contributed by atoms with Crippen LogP contribution in [0.4, 0.5) is 0 Å². The van der Waals surface area contributed by atoms with Gasteiger partial charge in [-0.3, -0.25) is 9.59 Å². The highest BCUT2D eigenvalue weighted by Gasteiger charge is 2.31. The van der Waals surface area contributed by atoms with Crippen molar-refractivity contribution in [2.75, 3.05) is 6.61 Å². The Morgan fingerprint density at radius 1 is 1.04 bits per heavy atom. The Hall–Kier alpha value is -0.610. The summed E-state index contributed by atoms with van der Waals surface area (Å²) in [7, 11) is 0. The molecule has 0 aromatic heterocycles. The van der Waals surface area contributed by atoms with Crippen LogP contribution in [0.25, 0.3) is 0 Å². The second-order valence-electron chi connectivity index (χ2n) is 6.36.